The van der Waals surface area contributed by atoms with Gasteiger partial charge in [-0.15, -0.1) is 0 Å². The zero-order valence-electron chi connectivity index (χ0n) is 10.3. The number of benzene rings is 2. The van der Waals surface area contributed by atoms with Crippen LogP contribution in [0.25, 0.3) is 0 Å². The Morgan fingerprint density at radius 1 is 0.824 bits per heavy atom. The lowest BCUT2D eigenvalue weighted by atomic mass is 10.0. The minimum Gasteiger partial charge on any atom is -0.326 e. The van der Waals surface area contributed by atoms with Gasteiger partial charge in [0.25, 0.3) is 0 Å². The minimum atomic E-state index is 0.623. The van der Waals surface area contributed by atoms with E-state index in [0.29, 0.717) is 6.54 Å². The fraction of sp³-hybridized carbons (Fsp3) is 0.250. The normalized spacial score (nSPS) is 10.5. The highest BCUT2D eigenvalue weighted by molar-refractivity contribution is 5.26. The molecule has 2 N–H and O–H groups in total. The van der Waals surface area contributed by atoms with E-state index in [1.807, 2.05) is 0 Å². The van der Waals surface area contributed by atoms with Gasteiger partial charge in [-0.1, -0.05) is 54.1 Å². The van der Waals surface area contributed by atoms with Crippen LogP contribution in [0.4, 0.5) is 0 Å². The van der Waals surface area contributed by atoms with Crippen LogP contribution < -0.4 is 5.73 Å². The van der Waals surface area contributed by atoms with Gasteiger partial charge in [-0.05, 0) is 36.5 Å². The maximum absolute atomic E-state index is 5.64. The number of nitrogens with two attached hydrogens (primary N) is 1. The molecular weight excluding hydrogens is 206 g/mol. The van der Waals surface area contributed by atoms with E-state index < -0.39 is 0 Å². The van der Waals surface area contributed by atoms with Crippen LogP contribution in [0.3, 0.4) is 0 Å². The summed E-state index contributed by atoms with van der Waals surface area (Å²) in [6.45, 7) is 2.74. The van der Waals surface area contributed by atoms with E-state index in [9.17, 15) is 0 Å². The number of rotatable bonds is 4. The Bertz CT molecular complexity index is 471. The molecule has 0 unspecified atom stereocenters. The third kappa shape index (κ3) is 3.43. The van der Waals surface area contributed by atoms with E-state index >= 15 is 0 Å². The van der Waals surface area contributed by atoms with Gasteiger partial charge in [0.15, 0.2) is 0 Å². The van der Waals surface area contributed by atoms with Crippen LogP contribution in [-0.2, 0) is 19.4 Å². The van der Waals surface area contributed by atoms with Crippen LogP contribution in [0.5, 0.6) is 0 Å². The molecule has 88 valence electrons. The van der Waals surface area contributed by atoms with Gasteiger partial charge in [0.2, 0.25) is 0 Å². The standard InChI is InChI=1S/C16H19N/c1-13-5-7-14(8-6-13)9-10-15-3-2-4-16(11-15)12-17/h2-8,11H,9-10,12,17H2,1H3. The van der Waals surface area contributed by atoms with Crippen molar-refractivity contribution in [3.63, 3.8) is 0 Å². The molecule has 0 radical (unpaired) electrons. The van der Waals surface area contributed by atoms with Crippen molar-refractivity contribution in [1.82, 2.24) is 0 Å². The molecule has 0 saturated heterocycles. The summed E-state index contributed by atoms with van der Waals surface area (Å²) >= 11 is 0. The maximum atomic E-state index is 5.64. The Hall–Kier alpha value is -1.60. The quantitative estimate of drug-likeness (QED) is 0.849. The van der Waals surface area contributed by atoms with Gasteiger partial charge in [-0.25, -0.2) is 0 Å². The van der Waals surface area contributed by atoms with E-state index in [4.69, 9.17) is 5.73 Å². The van der Waals surface area contributed by atoms with Crippen LogP contribution in [-0.4, -0.2) is 0 Å². The van der Waals surface area contributed by atoms with Crippen molar-refractivity contribution in [3.8, 4) is 0 Å². The average molecular weight is 225 g/mol. The van der Waals surface area contributed by atoms with E-state index in [-0.39, 0.29) is 0 Å². The molecule has 1 heteroatoms. The van der Waals surface area contributed by atoms with Crippen LogP contribution in [0.1, 0.15) is 22.3 Å². The third-order valence-corrected chi connectivity index (χ3v) is 3.05. The topological polar surface area (TPSA) is 26.0 Å². The SMILES string of the molecule is Cc1ccc(CCc2cccc(CN)c2)cc1. The fourth-order valence-electron chi connectivity index (χ4n) is 1.96. The molecule has 0 bridgehead atoms. The lowest BCUT2D eigenvalue weighted by Gasteiger charge is -2.04. The predicted octanol–water partition coefficient (Wildman–Crippen LogP) is 3.24. The van der Waals surface area contributed by atoms with Crippen molar-refractivity contribution in [2.45, 2.75) is 26.3 Å². The van der Waals surface area contributed by atoms with Crippen LogP contribution in [0.15, 0.2) is 48.5 Å². The molecule has 0 heterocycles. The average Bonchev–Trinajstić information content (AvgIpc) is 2.38. The summed E-state index contributed by atoms with van der Waals surface area (Å²) in [5.74, 6) is 0. The highest BCUT2D eigenvalue weighted by Gasteiger charge is 1.97. The monoisotopic (exact) mass is 225 g/mol. The zero-order chi connectivity index (χ0) is 12.1. The van der Waals surface area contributed by atoms with Gasteiger partial charge >= 0.3 is 0 Å². The van der Waals surface area contributed by atoms with Gasteiger partial charge in [-0.3, -0.25) is 0 Å². The second-order valence-electron chi connectivity index (χ2n) is 4.51. The van der Waals surface area contributed by atoms with Crippen molar-refractivity contribution in [3.05, 3.63) is 70.8 Å². The largest absolute Gasteiger partial charge is 0.326 e. The molecule has 0 aliphatic heterocycles. The second kappa shape index (κ2) is 5.65. The summed E-state index contributed by atoms with van der Waals surface area (Å²) in [5, 5.41) is 0. The lowest BCUT2D eigenvalue weighted by Crippen LogP contribution is -1.98. The molecule has 0 atom stereocenters. The molecule has 1 nitrogen and oxygen atoms in total. The molecule has 0 aliphatic carbocycles. The first-order valence-corrected chi connectivity index (χ1v) is 6.11. The molecule has 0 aromatic heterocycles. The molecule has 2 rings (SSSR count). The van der Waals surface area contributed by atoms with Crippen molar-refractivity contribution in [2.24, 2.45) is 5.73 Å². The van der Waals surface area contributed by atoms with E-state index in [1.165, 1.54) is 22.3 Å². The van der Waals surface area contributed by atoms with Crippen molar-refractivity contribution >= 4 is 0 Å². The van der Waals surface area contributed by atoms with Gasteiger partial charge < -0.3 is 5.73 Å². The minimum absolute atomic E-state index is 0.623. The van der Waals surface area contributed by atoms with E-state index in [0.717, 1.165) is 12.8 Å². The summed E-state index contributed by atoms with van der Waals surface area (Å²) in [6.07, 6.45) is 2.17. The van der Waals surface area contributed by atoms with Crippen LogP contribution >= 0.6 is 0 Å². The van der Waals surface area contributed by atoms with Gasteiger partial charge in [0, 0.05) is 6.54 Å². The first-order chi connectivity index (χ1) is 8.28. The highest BCUT2D eigenvalue weighted by Crippen LogP contribution is 2.10. The van der Waals surface area contributed by atoms with Gasteiger partial charge in [-0.2, -0.15) is 0 Å². The summed E-state index contributed by atoms with van der Waals surface area (Å²) in [6, 6.07) is 17.3. The molecule has 2 aromatic rings. The Morgan fingerprint density at radius 3 is 2.18 bits per heavy atom. The summed E-state index contributed by atoms with van der Waals surface area (Å²) < 4.78 is 0. The third-order valence-electron chi connectivity index (χ3n) is 3.05. The second-order valence-corrected chi connectivity index (χ2v) is 4.51. The highest BCUT2D eigenvalue weighted by atomic mass is 14.5. The summed E-state index contributed by atoms with van der Waals surface area (Å²) in [4.78, 5) is 0. The Balaban J connectivity index is 1.99. The smallest absolute Gasteiger partial charge is 0.0178 e. The summed E-state index contributed by atoms with van der Waals surface area (Å²) in [5.41, 5.74) is 10.9. The van der Waals surface area contributed by atoms with Crippen LogP contribution in [0, 0.1) is 6.92 Å². The zero-order valence-corrected chi connectivity index (χ0v) is 10.3. The molecule has 0 fully saturated rings. The molecule has 0 amide bonds. The lowest BCUT2D eigenvalue weighted by molar-refractivity contribution is 0.949. The van der Waals surface area contributed by atoms with Gasteiger partial charge in [0.1, 0.15) is 0 Å². The Kier molecular flexibility index (Phi) is 3.94. The molecule has 0 saturated carbocycles. The molecular formula is C16H19N. The Morgan fingerprint density at radius 2 is 1.47 bits per heavy atom. The molecule has 17 heavy (non-hydrogen) atoms. The number of hydrogen-bond acceptors (Lipinski definition) is 1. The predicted molar refractivity (Wildman–Crippen MR) is 72.9 cm³/mol. The molecule has 0 aliphatic rings. The van der Waals surface area contributed by atoms with E-state index in [2.05, 4.69) is 55.5 Å². The number of aryl methyl sites for hydroxylation is 3. The number of hydrogen-bond donors (Lipinski definition) is 1. The Labute approximate surface area is 103 Å². The first-order valence-electron chi connectivity index (χ1n) is 6.11. The molecule has 0 spiro atoms. The van der Waals surface area contributed by atoms with Crippen LogP contribution in [0.2, 0.25) is 0 Å². The molecule has 2 aromatic carbocycles. The fourth-order valence-corrected chi connectivity index (χ4v) is 1.96. The summed E-state index contributed by atoms with van der Waals surface area (Å²) in [7, 11) is 0. The first kappa shape index (κ1) is 11.9. The maximum Gasteiger partial charge on any atom is 0.0178 e. The van der Waals surface area contributed by atoms with Crippen molar-refractivity contribution < 1.29 is 0 Å². The van der Waals surface area contributed by atoms with E-state index in [1.54, 1.807) is 0 Å². The van der Waals surface area contributed by atoms with Crippen molar-refractivity contribution in [1.29, 1.82) is 0 Å². The van der Waals surface area contributed by atoms with Crippen molar-refractivity contribution in [2.75, 3.05) is 0 Å². The van der Waals surface area contributed by atoms with Gasteiger partial charge in [0.05, 0.1) is 0 Å².